The van der Waals surface area contributed by atoms with E-state index < -0.39 is 10.0 Å². The lowest BCUT2D eigenvalue weighted by atomic mass is 9.78. The Morgan fingerprint density at radius 3 is 2.70 bits per heavy atom. The minimum Gasteiger partial charge on any atom is -0.338 e. The normalized spacial score (nSPS) is 23.3. The van der Waals surface area contributed by atoms with Crippen LogP contribution in [0.25, 0.3) is 0 Å². The molecule has 7 heteroatoms. The van der Waals surface area contributed by atoms with Gasteiger partial charge in [0.2, 0.25) is 5.91 Å². The average Bonchev–Trinajstić information content (AvgIpc) is 3.01. The van der Waals surface area contributed by atoms with Gasteiger partial charge in [-0.25, -0.2) is 13.1 Å². The molecule has 0 unspecified atom stereocenters. The fourth-order valence-electron chi connectivity index (χ4n) is 3.71. The van der Waals surface area contributed by atoms with Gasteiger partial charge >= 0.3 is 0 Å². The first kappa shape index (κ1) is 15.6. The number of thiophene rings is 1. The largest absolute Gasteiger partial charge is 0.338 e. The summed E-state index contributed by atoms with van der Waals surface area (Å²) in [5, 5.41) is 0. The van der Waals surface area contributed by atoms with Crippen LogP contribution in [0.15, 0.2) is 10.3 Å². The molecular formula is C16H22N2O3S2. The minimum atomic E-state index is -3.44. The highest BCUT2D eigenvalue weighted by atomic mass is 32.2. The zero-order valence-electron chi connectivity index (χ0n) is 13.3. The molecule has 2 heterocycles. The van der Waals surface area contributed by atoms with E-state index in [0.717, 1.165) is 42.5 Å². The Kier molecular flexibility index (Phi) is 3.59. The Labute approximate surface area is 141 Å². The van der Waals surface area contributed by atoms with E-state index in [1.165, 1.54) is 17.8 Å². The molecule has 2 saturated carbocycles. The molecule has 1 N–H and O–H groups in total. The Bertz CT molecular complexity index is 745. The third kappa shape index (κ3) is 2.72. The van der Waals surface area contributed by atoms with Crippen LogP contribution in [0.2, 0.25) is 0 Å². The number of rotatable bonds is 4. The van der Waals surface area contributed by atoms with Crippen LogP contribution in [0, 0.1) is 5.92 Å². The summed E-state index contributed by atoms with van der Waals surface area (Å²) >= 11 is 1.37. The zero-order valence-corrected chi connectivity index (χ0v) is 14.9. The maximum atomic E-state index is 12.8. The third-order valence-corrected chi connectivity index (χ3v) is 8.83. The molecule has 0 radical (unpaired) electrons. The summed E-state index contributed by atoms with van der Waals surface area (Å²) in [5.74, 6) is 0.575. The van der Waals surface area contributed by atoms with Crippen molar-refractivity contribution in [1.29, 1.82) is 0 Å². The van der Waals surface area contributed by atoms with Gasteiger partial charge in [0.05, 0.1) is 0 Å². The van der Waals surface area contributed by atoms with Crippen LogP contribution in [-0.4, -0.2) is 31.3 Å². The summed E-state index contributed by atoms with van der Waals surface area (Å²) in [7, 11) is -3.44. The highest BCUT2D eigenvalue weighted by Crippen LogP contribution is 2.51. The van der Waals surface area contributed by atoms with E-state index in [1.807, 2.05) is 0 Å². The highest BCUT2D eigenvalue weighted by molar-refractivity contribution is 7.91. The van der Waals surface area contributed by atoms with Crippen molar-refractivity contribution >= 4 is 27.3 Å². The number of sulfonamides is 1. The van der Waals surface area contributed by atoms with Gasteiger partial charge in [-0.15, -0.1) is 11.3 Å². The van der Waals surface area contributed by atoms with E-state index in [1.54, 1.807) is 17.9 Å². The molecule has 1 amide bonds. The number of hydrogen-bond donors (Lipinski definition) is 1. The number of fused-ring (bicyclic) bond motifs is 1. The van der Waals surface area contributed by atoms with E-state index in [0.29, 0.717) is 23.2 Å². The molecule has 5 nitrogen and oxygen atoms in total. The topological polar surface area (TPSA) is 66.5 Å². The molecule has 0 aromatic carbocycles. The van der Waals surface area contributed by atoms with E-state index >= 15 is 0 Å². The Morgan fingerprint density at radius 1 is 1.39 bits per heavy atom. The van der Waals surface area contributed by atoms with Crippen LogP contribution in [0.3, 0.4) is 0 Å². The van der Waals surface area contributed by atoms with Crippen molar-refractivity contribution in [3.63, 3.8) is 0 Å². The van der Waals surface area contributed by atoms with Crippen LogP contribution in [-0.2, 0) is 27.8 Å². The fraction of sp³-hybridized carbons (Fsp3) is 0.688. The number of carbonyl (C=O) groups is 1. The molecule has 4 rings (SSSR count). The molecule has 0 atom stereocenters. The van der Waals surface area contributed by atoms with Gasteiger partial charge in [-0.2, -0.15) is 0 Å². The first-order valence-electron chi connectivity index (χ1n) is 8.31. The first-order valence-corrected chi connectivity index (χ1v) is 10.6. The van der Waals surface area contributed by atoms with E-state index in [-0.39, 0.29) is 11.4 Å². The monoisotopic (exact) mass is 354 g/mol. The maximum Gasteiger partial charge on any atom is 0.250 e. The van der Waals surface area contributed by atoms with Gasteiger partial charge in [-0.05, 0) is 49.7 Å². The van der Waals surface area contributed by atoms with Gasteiger partial charge < -0.3 is 4.90 Å². The summed E-state index contributed by atoms with van der Waals surface area (Å²) in [6, 6.07) is 1.77. The number of nitrogens with zero attached hydrogens (tertiary/aromatic N) is 1. The molecule has 2 fully saturated rings. The highest BCUT2D eigenvalue weighted by Gasteiger charge is 2.53. The van der Waals surface area contributed by atoms with Crippen LogP contribution in [0.5, 0.6) is 0 Å². The SMILES string of the molecule is CC(=O)N1CCc2sc(S(=O)(=O)NC3(C4CCC4)CC3)cc2C1. The minimum absolute atomic E-state index is 0.0475. The summed E-state index contributed by atoms with van der Waals surface area (Å²) in [6.45, 7) is 2.78. The number of carbonyl (C=O) groups excluding carboxylic acids is 1. The predicted octanol–water partition coefficient (Wildman–Crippen LogP) is 2.26. The Hall–Kier alpha value is -0.920. The van der Waals surface area contributed by atoms with Crippen LogP contribution < -0.4 is 4.72 Å². The lowest BCUT2D eigenvalue weighted by Gasteiger charge is -2.34. The molecule has 0 saturated heterocycles. The second kappa shape index (κ2) is 5.29. The van der Waals surface area contributed by atoms with Gasteiger partial charge in [0.25, 0.3) is 10.0 Å². The van der Waals surface area contributed by atoms with Crippen molar-refractivity contribution in [2.45, 2.75) is 61.7 Å². The quantitative estimate of drug-likeness (QED) is 0.902. The van der Waals surface area contributed by atoms with Crippen LogP contribution >= 0.6 is 11.3 Å². The fourth-order valence-corrected chi connectivity index (χ4v) is 6.78. The number of amides is 1. The zero-order chi connectivity index (χ0) is 16.2. The van der Waals surface area contributed by atoms with Crippen molar-refractivity contribution in [3.05, 3.63) is 16.5 Å². The van der Waals surface area contributed by atoms with Crippen LogP contribution in [0.1, 0.15) is 49.5 Å². The number of nitrogens with one attached hydrogen (secondary N) is 1. The average molecular weight is 354 g/mol. The summed E-state index contributed by atoms with van der Waals surface area (Å²) in [5.41, 5.74) is 0.831. The van der Waals surface area contributed by atoms with Crippen molar-refractivity contribution in [2.24, 2.45) is 5.92 Å². The van der Waals surface area contributed by atoms with E-state index in [9.17, 15) is 13.2 Å². The lowest BCUT2D eigenvalue weighted by Crippen LogP contribution is -2.44. The molecule has 0 spiro atoms. The molecule has 126 valence electrons. The standard InChI is InChI=1S/C16H22N2O3S2/c1-11(19)18-8-5-14-12(10-18)9-15(22-14)23(20,21)17-16(6-7-16)13-3-2-4-13/h9,13,17H,2-8,10H2,1H3. The summed E-state index contributed by atoms with van der Waals surface area (Å²) in [6.07, 6.45) is 6.22. The molecule has 23 heavy (non-hydrogen) atoms. The molecule has 1 aliphatic heterocycles. The lowest BCUT2D eigenvalue weighted by molar-refractivity contribution is -0.129. The third-order valence-electron chi connectivity index (χ3n) is 5.57. The van der Waals surface area contributed by atoms with E-state index in [4.69, 9.17) is 0 Å². The maximum absolute atomic E-state index is 12.8. The smallest absolute Gasteiger partial charge is 0.250 e. The van der Waals surface area contributed by atoms with Gasteiger partial charge in [0.15, 0.2) is 0 Å². The van der Waals surface area contributed by atoms with Crippen molar-refractivity contribution < 1.29 is 13.2 Å². The Balaban J connectivity index is 1.55. The van der Waals surface area contributed by atoms with E-state index in [2.05, 4.69) is 4.72 Å². The van der Waals surface area contributed by atoms with Gasteiger partial charge in [-0.3, -0.25) is 4.79 Å². The van der Waals surface area contributed by atoms with Crippen molar-refractivity contribution in [2.75, 3.05) is 6.54 Å². The van der Waals surface area contributed by atoms with Gasteiger partial charge in [0.1, 0.15) is 4.21 Å². The molecule has 0 bridgehead atoms. The van der Waals surface area contributed by atoms with Gasteiger partial charge in [-0.1, -0.05) is 6.42 Å². The molecule has 1 aromatic rings. The molecular weight excluding hydrogens is 332 g/mol. The second-order valence-corrected chi connectivity index (χ2v) is 10.1. The molecule has 2 aliphatic carbocycles. The molecule has 3 aliphatic rings. The second-order valence-electron chi connectivity index (χ2n) is 7.09. The predicted molar refractivity (Wildman–Crippen MR) is 88.7 cm³/mol. The van der Waals surface area contributed by atoms with Gasteiger partial charge in [0, 0.05) is 30.4 Å². The number of hydrogen-bond acceptors (Lipinski definition) is 4. The molecule has 1 aromatic heterocycles. The summed E-state index contributed by atoms with van der Waals surface area (Å²) < 4.78 is 29.0. The van der Waals surface area contributed by atoms with Crippen molar-refractivity contribution in [3.8, 4) is 0 Å². The Morgan fingerprint density at radius 2 is 2.13 bits per heavy atom. The summed E-state index contributed by atoms with van der Waals surface area (Å²) in [4.78, 5) is 14.4. The van der Waals surface area contributed by atoms with Crippen LogP contribution in [0.4, 0.5) is 0 Å². The van der Waals surface area contributed by atoms with Crippen molar-refractivity contribution in [1.82, 2.24) is 9.62 Å². The first-order chi connectivity index (χ1) is 10.9.